The van der Waals surface area contributed by atoms with Gasteiger partial charge in [0.1, 0.15) is 0 Å². The highest BCUT2D eigenvalue weighted by Gasteiger charge is 2.14. The van der Waals surface area contributed by atoms with Crippen LogP contribution in [-0.4, -0.2) is 60.0 Å². The molecule has 0 saturated carbocycles. The molecule has 7 nitrogen and oxygen atoms in total. The molecule has 0 radical (unpaired) electrons. The molecule has 3 rings (SSSR count). The molecular formula is C23H29N5O2S. The SMILES string of the molecule is CC(=O)NC(=S)Nc1cc(NC(=O)c2ccc(CN3CCN(C)CC3)cc2)ccc1C. The molecular weight excluding hydrogens is 410 g/mol. The average molecular weight is 440 g/mol. The Morgan fingerprint density at radius 1 is 1.00 bits per heavy atom. The number of anilines is 2. The third-order valence-corrected chi connectivity index (χ3v) is 5.46. The van der Waals surface area contributed by atoms with Crippen LogP contribution in [0.15, 0.2) is 42.5 Å². The van der Waals surface area contributed by atoms with E-state index in [0.717, 1.165) is 44.0 Å². The van der Waals surface area contributed by atoms with Crippen LogP contribution in [0.3, 0.4) is 0 Å². The zero-order chi connectivity index (χ0) is 22.4. The second kappa shape index (κ2) is 10.5. The van der Waals surface area contributed by atoms with Gasteiger partial charge in [0.25, 0.3) is 5.91 Å². The molecule has 31 heavy (non-hydrogen) atoms. The summed E-state index contributed by atoms with van der Waals surface area (Å²) in [7, 11) is 2.15. The maximum Gasteiger partial charge on any atom is 0.255 e. The van der Waals surface area contributed by atoms with Crippen molar-refractivity contribution >= 4 is 40.5 Å². The number of benzene rings is 2. The molecule has 164 valence electrons. The Morgan fingerprint density at radius 3 is 2.32 bits per heavy atom. The van der Waals surface area contributed by atoms with E-state index in [2.05, 4.69) is 32.8 Å². The van der Waals surface area contributed by atoms with E-state index in [0.29, 0.717) is 11.3 Å². The fourth-order valence-electron chi connectivity index (χ4n) is 3.38. The van der Waals surface area contributed by atoms with Gasteiger partial charge in [-0.15, -0.1) is 0 Å². The van der Waals surface area contributed by atoms with Gasteiger partial charge in [-0.1, -0.05) is 18.2 Å². The van der Waals surface area contributed by atoms with Gasteiger partial charge in [-0.3, -0.25) is 14.5 Å². The second-order valence-electron chi connectivity index (χ2n) is 7.90. The summed E-state index contributed by atoms with van der Waals surface area (Å²) in [5, 5.41) is 8.65. The van der Waals surface area contributed by atoms with Crippen LogP contribution in [-0.2, 0) is 11.3 Å². The van der Waals surface area contributed by atoms with Gasteiger partial charge in [0.15, 0.2) is 5.11 Å². The lowest BCUT2D eigenvalue weighted by Crippen LogP contribution is -2.43. The number of thiocarbonyl (C=S) groups is 1. The van der Waals surface area contributed by atoms with E-state index in [-0.39, 0.29) is 16.9 Å². The van der Waals surface area contributed by atoms with Gasteiger partial charge in [0.2, 0.25) is 5.91 Å². The third-order valence-electron chi connectivity index (χ3n) is 5.25. The lowest BCUT2D eigenvalue weighted by Gasteiger charge is -2.32. The highest BCUT2D eigenvalue weighted by Crippen LogP contribution is 2.21. The van der Waals surface area contributed by atoms with Gasteiger partial charge in [-0.25, -0.2) is 0 Å². The molecule has 1 aliphatic rings. The average Bonchev–Trinajstić information content (AvgIpc) is 2.72. The largest absolute Gasteiger partial charge is 0.332 e. The summed E-state index contributed by atoms with van der Waals surface area (Å²) >= 11 is 5.12. The van der Waals surface area contributed by atoms with Crippen LogP contribution >= 0.6 is 12.2 Å². The predicted octanol–water partition coefficient (Wildman–Crippen LogP) is 2.83. The Balaban J connectivity index is 1.60. The van der Waals surface area contributed by atoms with E-state index in [1.165, 1.54) is 12.5 Å². The normalized spacial score (nSPS) is 14.7. The van der Waals surface area contributed by atoms with Crippen LogP contribution in [0.1, 0.15) is 28.4 Å². The number of hydrogen-bond acceptors (Lipinski definition) is 5. The third kappa shape index (κ3) is 6.85. The summed E-state index contributed by atoms with van der Waals surface area (Å²) in [6.07, 6.45) is 0. The topological polar surface area (TPSA) is 76.7 Å². The first-order valence-electron chi connectivity index (χ1n) is 10.3. The lowest BCUT2D eigenvalue weighted by atomic mass is 10.1. The number of rotatable bonds is 5. The van der Waals surface area contributed by atoms with Crippen molar-refractivity contribution in [3.8, 4) is 0 Å². The van der Waals surface area contributed by atoms with Crippen LogP contribution in [0.25, 0.3) is 0 Å². The number of aryl methyl sites for hydroxylation is 1. The van der Waals surface area contributed by atoms with Crippen molar-refractivity contribution in [3.05, 3.63) is 59.2 Å². The molecule has 1 aliphatic heterocycles. The fraction of sp³-hybridized carbons (Fsp3) is 0.348. The minimum atomic E-state index is -0.240. The van der Waals surface area contributed by atoms with Gasteiger partial charge in [-0.2, -0.15) is 0 Å². The first-order valence-corrected chi connectivity index (χ1v) is 10.7. The number of amides is 2. The lowest BCUT2D eigenvalue weighted by molar-refractivity contribution is -0.117. The highest BCUT2D eigenvalue weighted by molar-refractivity contribution is 7.80. The molecule has 1 heterocycles. The van der Waals surface area contributed by atoms with E-state index in [9.17, 15) is 9.59 Å². The summed E-state index contributed by atoms with van der Waals surface area (Å²) in [4.78, 5) is 28.6. The second-order valence-corrected chi connectivity index (χ2v) is 8.30. The fourth-order valence-corrected chi connectivity index (χ4v) is 3.63. The van der Waals surface area contributed by atoms with Crippen molar-refractivity contribution in [1.82, 2.24) is 15.1 Å². The molecule has 1 saturated heterocycles. The number of likely N-dealkylation sites (N-methyl/N-ethyl adjacent to an activating group) is 1. The standard InChI is InChI=1S/C23H29N5O2S/c1-16-4-9-20(14-21(16)26-23(31)24-17(2)29)25-22(30)19-7-5-18(6-8-19)15-28-12-10-27(3)11-13-28/h4-9,14H,10-13,15H2,1-3H3,(H,25,30)(H2,24,26,29,31). The van der Waals surface area contributed by atoms with Crippen LogP contribution in [0, 0.1) is 6.92 Å². The van der Waals surface area contributed by atoms with E-state index in [1.54, 1.807) is 6.07 Å². The van der Waals surface area contributed by atoms with Crippen molar-refractivity contribution < 1.29 is 9.59 Å². The first kappa shape index (κ1) is 22.9. The van der Waals surface area contributed by atoms with Crippen molar-refractivity contribution in [2.75, 3.05) is 43.9 Å². The zero-order valence-electron chi connectivity index (χ0n) is 18.2. The van der Waals surface area contributed by atoms with Gasteiger partial charge in [0.05, 0.1) is 0 Å². The summed E-state index contributed by atoms with van der Waals surface area (Å²) in [5.41, 5.74) is 4.11. The monoisotopic (exact) mass is 439 g/mol. The maximum atomic E-state index is 12.7. The Labute approximate surface area is 188 Å². The minimum Gasteiger partial charge on any atom is -0.332 e. The van der Waals surface area contributed by atoms with E-state index >= 15 is 0 Å². The van der Waals surface area contributed by atoms with E-state index in [1.807, 2.05) is 43.3 Å². The number of nitrogens with zero attached hydrogens (tertiary/aromatic N) is 2. The van der Waals surface area contributed by atoms with Crippen LogP contribution in [0.5, 0.6) is 0 Å². The van der Waals surface area contributed by atoms with E-state index in [4.69, 9.17) is 12.2 Å². The molecule has 0 atom stereocenters. The predicted molar refractivity (Wildman–Crippen MR) is 128 cm³/mol. The molecule has 2 aromatic carbocycles. The van der Waals surface area contributed by atoms with Crippen LogP contribution < -0.4 is 16.0 Å². The zero-order valence-corrected chi connectivity index (χ0v) is 19.0. The summed E-state index contributed by atoms with van der Waals surface area (Å²) in [5.74, 6) is -0.416. The highest BCUT2D eigenvalue weighted by atomic mass is 32.1. The van der Waals surface area contributed by atoms with Crippen molar-refractivity contribution in [2.24, 2.45) is 0 Å². The molecule has 1 fully saturated rings. The summed E-state index contributed by atoms with van der Waals surface area (Å²) in [6.45, 7) is 8.52. The summed E-state index contributed by atoms with van der Waals surface area (Å²) in [6, 6.07) is 13.3. The summed E-state index contributed by atoms with van der Waals surface area (Å²) < 4.78 is 0. The molecule has 0 aliphatic carbocycles. The van der Waals surface area contributed by atoms with Crippen molar-refractivity contribution in [3.63, 3.8) is 0 Å². The van der Waals surface area contributed by atoms with Gasteiger partial charge < -0.3 is 20.9 Å². The van der Waals surface area contributed by atoms with Crippen LogP contribution in [0.2, 0.25) is 0 Å². The number of nitrogens with one attached hydrogen (secondary N) is 3. The van der Waals surface area contributed by atoms with Gasteiger partial charge in [0, 0.05) is 56.6 Å². The molecule has 0 aromatic heterocycles. The molecule has 3 N–H and O–H groups in total. The first-order chi connectivity index (χ1) is 14.8. The smallest absolute Gasteiger partial charge is 0.255 e. The number of carbonyl (C=O) groups is 2. The van der Waals surface area contributed by atoms with Crippen molar-refractivity contribution in [1.29, 1.82) is 0 Å². The molecule has 0 spiro atoms. The number of hydrogen-bond donors (Lipinski definition) is 3. The quantitative estimate of drug-likeness (QED) is 0.622. The Hall–Kier alpha value is -2.81. The van der Waals surface area contributed by atoms with Gasteiger partial charge >= 0.3 is 0 Å². The molecule has 2 aromatic rings. The van der Waals surface area contributed by atoms with E-state index < -0.39 is 0 Å². The Kier molecular flexibility index (Phi) is 7.73. The Bertz CT molecular complexity index is 953. The molecule has 0 bridgehead atoms. The molecule has 0 unspecified atom stereocenters. The van der Waals surface area contributed by atoms with Crippen LogP contribution in [0.4, 0.5) is 11.4 Å². The minimum absolute atomic E-state index is 0.176. The molecule has 2 amide bonds. The number of carbonyl (C=O) groups excluding carboxylic acids is 2. The Morgan fingerprint density at radius 2 is 1.68 bits per heavy atom. The maximum absolute atomic E-state index is 12.7. The molecule has 8 heteroatoms. The van der Waals surface area contributed by atoms with Gasteiger partial charge in [-0.05, 0) is 61.6 Å². The number of piperazine rings is 1. The van der Waals surface area contributed by atoms with Crippen molar-refractivity contribution in [2.45, 2.75) is 20.4 Å².